The fourth-order valence-corrected chi connectivity index (χ4v) is 3.23. The van der Waals surface area contributed by atoms with E-state index in [4.69, 9.17) is 0 Å². The Bertz CT molecular complexity index is 685. The Hall–Kier alpha value is -1.24. The lowest BCUT2D eigenvalue weighted by atomic mass is 10.1. The van der Waals surface area contributed by atoms with Crippen molar-refractivity contribution in [1.82, 2.24) is 4.72 Å². The van der Waals surface area contributed by atoms with Gasteiger partial charge in [-0.05, 0) is 41.8 Å². The number of nitrogens with one attached hydrogen (secondary N) is 1. The van der Waals surface area contributed by atoms with Crippen LogP contribution in [0.5, 0.6) is 0 Å². The van der Waals surface area contributed by atoms with Gasteiger partial charge >= 0.3 is 0 Å². The van der Waals surface area contributed by atoms with Crippen molar-refractivity contribution in [2.45, 2.75) is 16.6 Å². The number of benzene rings is 2. The minimum atomic E-state index is -3.50. The van der Waals surface area contributed by atoms with E-state index in [1.165, 1.54) is 12.1 Å². The predicted octanol–water partition coefficient (Wildman–Crippen LogP) is 3.24. The summed E-state index contributed by atoms with van der Waals surface area (Å²) in [4.78, 5) is 0.242. The van der Waals surface area contributed by atoms with Crippen LogP contribution in [0.3, 0.4) is 0 Å². The second-order valence-corrected chi connectivity index (χ2v) is 6.88. The fourth-order valence-electron chi connectivity index (χ4n) is 1.82. The van der Waals surface area contributed by atoms with E-state index in [0.29, 0.717) is 11.8 Å². The lowest BCUT2D eigenvalue weighted by molar-refractivity contribution is 0.581. The van der Waals surface area contributed by atoms with Crippen molar-refractivity contribution in [2.75, 3.05) is 6.54 Å². The topological polar surface area (TPSA) is 46.2 Å². The van der Waals surface area contributed by atoms with E-state index in [9.17, 15) is 12.8 Å². The van der Waals surface area contributed by atoms with E-state index in [-0.39, 0.29) is 17.3 Å². The highest BCUT2D eigenvalue weighted by Crippen LogP contribution is 2.12. The summed E-state index contributed by atoms with van der Waals surface area (Å²) >= 11 is 3.31. The monoisotopic (exact) mass is 371 g/mol. The zero-order chi connectivity index (χ0) is 15.3. The van der Waals surface area contributed by atoms with Crippen LogP contribution in [-0.4, -0.2) is 15.0 Å². The van der Waals surface area contributed by atoms with Gasteiger partial charge in [-0.1, -0.05) is 40.2 Å². The SMILES string of the molecule is O=S(=O)(NCCc1ccc(F)cc1)c1ccc(CBr)cc1. The lowest BCUT2D eigenvalue weighted by Crippen LogP contribution is -2.26. The zero-order valence-corrected chi connectivity index (χ0v) is 13.6. The molecule has 21 heavy (non-hydrogen) atoms. The van der Waals surface area contributed by atoms with Gasteiger partial charge in [-0.3, -0.25) is 0 Å². The molecule has 0 aliphatic carbocycles. The Labute approximate surface area is 132 Å². The quantitative estimate of drug-likeness (QED) is 0.792. The summed E-state index contributed by atoms with van der Waals surface area (Å²) in [5.74, 6) is -0.300. The summed E-state index contributed by atoms with van der Waals surface area (Å²) in [7, 11) is -3.50. The van der Waals surface area contributed by atoms with Gasteiger partial charge in [0.15, 0.2) is 0 Å². The Morgan fingerprint density at radius 2 is 1.52 bits per heavy atom. The number of hydrogen-bond donors (Lipinski definition) is 1. The van der Waals surface area contributed by atoms with Gasteiger partial charge in [-0.2, -0.15) is 0 Å². The second kappa shape index (κ2) is 7.15. The maximum absolute atomic E-state index is 12.8. The Morgan fingerprint density at radius 3 is 2.10 bits per heavy atom. The molecule has 0 fully saturated rings. The highest BCUT2D eigenvalue weighted by Gasteiger charge is 2.12. The van der Waals surface area contributed by atoms with Crippen LogP contribution in [0.2, 0.25) is 0 Å². The minimum Gasteiger partial charge on any atom is -0.211 e. The normalized spacial score (nSPS) is 11.5. The van der Waals surface area contributed by atoms with Gasteiger partial charge in [0, 0.05) is 11.9 Å². The van der Waals surface area contributed by atoms with Crippen LogP contribution in [0.1, 0.15) is 11.1 Å². The maximum atomic E-state index is 12.8. The van der Waals surface area contributed by atoms with E-state index in [2.05, 4.69) is 20.7 Å². The van der Waals surface area contributed by atoms with Crippen LogP contribution in [0.4, 0.5) is 4.39 Å². The standard InChI is InChI=1S/C15H15BrFNO2S/c16-11-13-3-7-15(8-4-13)21(19,20)18-10-9-12-1-5-14(17)6-2-12/h1-8,18H,9-11H2. The molecular weight excluding hydrogens is 357 g/mol. The largest absolute Gasteiger partial charge is 0.240 e. The molecule has 0 atom stereocenters. The third kappa shape index (κ3) is 4.62. The molecule has 1 N–H and O–H groups in total. The number of alkyl halides is 1. The number of hydrogen-bond acceptors (Lipinski definition) is 2. The van der Waals surface area contributed by atoms with Crippen LogP contribution in [0, 0.1) is 5.82 Å². The van der Waals surface area contributed by atoms with Gasteiger partial charge in [0.25, 0.3) is 0 Å². The average Bonchev–Trinajstić information content (AvgIpc) is 2.49. The van der Waals surface area contributed by atoms with Crippen molar-refractivity contribution in [3.8, 4) is 0 Å². The van der Waals surface area contributed by atoms with Crippen molar-refractivity contribution < 1.29 is 12.8 Å². The first-order chi connectivity index (χ1) is 10.0. The molecule has 0 saturated heterocycles. The molecule has 0 aliphatic heterocycles. The zero-order valence-electron chi connectivity index (χ0n) is 11.2. The van der Waals surface area contributed by atoms with Gasteiger partial charge in [-0.25, -0.2) is 17.5 Å². The first-order valence-corrected chi connectivity index (χ1v) is 9.01. The molecule has 2 aromatic rings. The molecule has 0 amide bonds. The van der Waals surface area contributed by atoms with Crippen LogP contribution in [0.15, 0.2) is 53.4 Å². The first kappa shape index (κ1) is 16.1. The van der Waals surface area contributed by atoms with E-state index in [1.54, 1.807) is 36.4 Å². The number of sulfonamides is 1. The van der Waals surface area contributed by atoms with E-state index < -0.39 is 10.0 Å². The van der Waals surface area contributed by atoms with Crippen LogP contribution in [-0.2, 0) is 21.8 Å². The predicted molar refractivity (Wildman–Crippen MR) is 84.4 cm³/mol. The van der Waals surface area contributed by atoms with Gasteiger partial charge in [-0.15, -0.1) is 0 Å². The molecule has 0 aromatic heterocycles. The third-order valence-electron chi connectivity index (χ3n) is 3.01. The molecule has 112 valence electrons. The fraction of sp³-hybridized carbons (Fsp3) is 0.200. The first-order valence-electron chi connectivity index (χ1n) is 6.40. The van der Waals surface area contributed by atoms with Crippen molar-refractivity contribution in [2.24, 2.45) is 0 Å². The second-order valence-electron chi connectivity index (χ2n) is 4.55. The molecule has 0 radical (unpaired) electrons. The summed E-state index contributed by atoms with van der Waals surface area (Å²) in [5.41, 5.74) is 1.90. The molecule has 0 saturated carbocycles. The average molecular weight is 372 g/mol. The molecule has 6 heteroatoms. The summed E-state index contributed by atoms with van der Waals surface area (Å²) in [5, 5.41) is 0.686. The van der Waals surface area contributed by atoms with Crippen molar-refractivity contribution in [3.63, 3.8) is 0 Å². The van der Waals surface area contributed by atoms with Gasteiger partial charge < -0.3 is 0 Å². The molecule has 2 rings (SSSR count). The lowest BCUT2D eigenvalue weighted by Gasteiger charge is -2.07. The smallest absolute Gasteiger partial charge is 0.211 e. The van der Waals surface area contributed by atoms with Crippen LogP contribution >= 0.6 is 15.9 Å². The Morgan fingerprint density at radius 1 is 0.952 bits per heavy atom. The summed E-state index contributed by atoms with van der Waals surface area (Å²) in [6.45, 7) is 0.272. The summed E-state index contributed by atoms with van der Waals surface area (Å²) in [6.07, 6.45) is 0.513. The number of halogens is 2. The molecule has 3 nitrogen and oxygen atoms in total. The van der Waals surface area contributed by atoms with Gasteiger partial charge in [0.1, 0.15) is 5.82 Å². The highest BCUT2D eigenvalue weighted by molar-refractivity contribution is 9.08. The van der Waals surface area contributed by atoms with Crippen molar-refractivity contribution >= 4 is 26.0 Å². The van der Waals surface area contributed by atoms with Crippen molar-refractivity contribution in [1.29, 1.82) is 0 Å². The van der Waals surface area contributed by atoms with E-state index in [0.717, 1.165) is 11.1 Å². The molecule has 0 aliphatic rings. The molecule has 2 aromatic carbocycles. The maximum Gasteiger partial charge on any atom is 0.240 e. The Balaban J connectivity index is 1.95. The van der Waals surface area contributed by atoms with E-state index >= 15 is 0 Å². The third-order valence-corrected chi connectivity index (χ3v) is 5.13. The summed E-state index contributed by atoms with van der Waals surface area (Å²) < 4.78 is 39.5. The highest BCUT2D eigenvalue weighted by atomic mass is 79.9. The van der Waals surface area contributed by atoms with Crippen molar-refractivity contribution in [3.05, 3.63) is 65.5 Å². The Kier molecular flexibility index (Phi) is 5.50. The molecule has 0 bridgehead atoms. The van der Waals surface area contributed by atoms with Crippen LogP contribution < -0.4 is 4.72 Å². The van der Waals surface area contributed by atoms with E-state index in [1.807, 2.05) is 0 Å². The molecular formula is C15H15BrFNO2S. The van der Waals surface area contributed by atoms with Gasteiger partial charge in [0.05, 0.1) is 4.90 Å². The summed E-state index contributed by atoms with van der Waals surface area (Å²) in [6, 6.07) is 12.7. The minimum absolute atomic E-state index is 0.242. The number of rotatable bonds is 6. The molecule has 0 heterocycles. The molecule has 0 spiro atoms. The molecule has 0 unspecified atom stereocenters. The van der Waals surface area contributed by atoms with Gasteiger partial charge in [0.2, 0.25) is 10.0 Å². The van der Waals surface area contributed by atoms with Crippen LogP contribution in [0.25, 0.3) is 0 Å².